The van der Waals surface area contributed by atoms with E-state index >= 15 is 0 Å². The van der Waals surface area contributed by atoms with Gasteiger partial charge in [0.25, 0.3) is 0 Å². The molecule has 1 aromatic rings. The van der Waals surface area contributed by atoms with Crippen LogP contribution in [0.3, 0.4) is 0 Å². The maximum atomic E-state index is 10.7. The van der Waals surface area contributed by atoms with Crippen molar-refractivity contribution in [2.45, 2.75) is 13.0 Å². The lowest BCUT2D eigenvalue weighted by molar-refractivity contribution is -0.138. The molecule has 0 saturated carbocycles. The molecule has 0 saturated heterocycles. The zero-order valence-electron chi connectivity index (χ0n) is 8.91. The van der Waals surface area contributed by atoms with Gasteiger partial charge in [-0.15, -0.1) is 0 Å². The van der Waals surface area contributed by atoms with Gasteiger partial charge in [0.05, 0.1) is 0 Å². The predicted octanol–water partition coefficient (Wildman–Crippen LogP) is 0.689. The van der Waals surface area contributed by atoms with Crippen molar-refractivity contribution in [2.24, 2.45) is 0 Å². The Balaban J connectivity index is 3.00. The molecule has 0 amide bonds. The van der Waals surface area contributed by atoms with Crippen LogP contribution in [-0.4, -0.2) is 40.2 Å². The monoisotopic (exact) mass is 224 g/mol. The molecule has 0 spiro atoms. The fourth-order valence-corrected chi connectivity index (χ4v) is 1.10. The van der Waals surface area contributed by atoms with Gasteiger partial charge in [0.1, 0.15) is 11.9 Å². The van der Waals surface area contributed by atoms with E-state index < -0.39 is 18.0 Å². The first-order chi connectivity index (χ1) is 7.43. The Morgan fingerprint density at radius 3 is 2.50 bits per heavy atom. The van der Waals surface area contributed by atoms with Gasteiger partial charge >= 0.3 is 11.9 Å². The van der Waals surface area contributed by atoms with E-state index in [0.29, 0.717) is 5.82 Å². The minimum Gasteiger partial charge on any atom is -0.480 e. The van der Waals surface area contributed by atoms with Crippen LogP contribution in [0, 0.1) is 0 Å². The standard InChI is InChI=1S/C10H12N2O4/c1-6(9(13)14)12(2)8-5-3-4-7(11-8)10(15)16/h3-6H,1-2H3,(H,13,14)(H,15,16). The molecule has 86 valence electrons. The minimum atomic E-state index is -1.14. The molecule has 1 atom stereocenters. The summed E-state index contributed by atoms with van der Waals surface area (Å²) in [4.78, 5) is 26.7. The minimum absolute atomic E-state index is 0.109. The van der Waals surface area contributed by atoms with Crippen LogP contribution >= 0.6 is 0 Å². The van der Waals surface area contributed by atoms with Gasteiger partial charge < -0.3 is 15.1 Å². The van der Waals surface area contributed by atoms with Gasteiger partial charge in [0, 0.05) is 7.05 Å². The van der Waals surface area contributed by atoms with Crippen LogP contribution in [0.1, 0.15) is 17.4 Å². The van der Waals surface area contributed by atoms with Crippen LogP contribution in [0.15, 0.2) is 18.2 Å². The predicted molar refractivity (Wildman–Crippen MR) is 56.7 cm³/mol. The zero-order valence-corrected chi connectivity index (χ0v) is 8.91. The van der Waals surface area contributed by atoms with Crippen molar-refractivity contribution in [3.05, 3.63) is 23.9 Å². The molecule has 1 aromatic heterocycles. The molecule has 1 unspecified atom stereocenters. The number of pyridine rings is 1. The number of aromatic carboxylic acids is 1. The van der Waals surface area contributed by atoms with E-state index in [1.807, 2.05) is 0 Å². The lowest BCUT2D eigenvalue weighted by Gasteiger charge is -2.22. The quantitative estimate of drug-likeness (QED) is 0.781. The summed E-state index contributed by atoms with van der Waals surface area (Å²) < 4.78 is 0. The highest BCUT2D eigenvalue weighted by Gasteiger charge is 2.18. The highest BCUT2D eigenvalue weighted by atomic mass is 16.4. The number of aromatic nitrogens is 1. The van der Waals surface area contributed by atoms with E-state index in [4.69, 9.17) is 10.2 Å². The number of nitrogens with zero attached hydrogens (tertiary/aromatic N) is 2. The van der Waals surface area contributed by atoms with Gasteiger partial charge in [0.15, 0.2) is 5.69 Å². The van der Waals surface area contributed by atoms with Crippen LogP contribution in [0.5, 0.6) is 0 Å². The average Bonchev–Trinajstić information content (AvgIpc) is 2.27. The number of carboxylic acids is 2. The number of rotatable bonds is 4. The second-order valence-electron chi connectivity index (χ2n) is 3.31. The van der Waals surface area contributed by atoms with Crippen molar-refractivity contribution in [3.63, 3.8) is 0 Å². The Bertz CT molecular complexity index is 419. The van der Waals surface area contributed by atoms with Gasteiger partial charge in [-0.05, 0) is 19.1 Å². The van der Waals surface area contributed by atoms with Crippen molar-refractivity contribution in [3.8, 4) is 0 Å². The number of carboxylic acid groups (broad SMARTS) is 2. The highest BCUT2D eigenvalue weighted by molar-refractivity contribution is 5.86. The maximum Gasteiger partial charge on any atom is 0.354 e. The van der Waals surface area contributed by atoms with Gasteiger partial charge in [-0.1, -0.05) is 6.07 Å². The Morgan fingerprint density at radius 1 is 1.38 bits per heavy atom. The number of anilines is 1. The van der Waals surface area contributed by atoms with E-state index in [1.165, 1.54) is 24.0 Å². The molecule has 2 N–H and O–H groups in total. The molecule has 1 rings (SSSR count). The maximum absolute atomic E-state index is 10.7. The molecule has 16 heavy (non-hydrogen) atoms. The summed E-state index contributed by atoms with van der Waals surface area (Å²) in [6, 6.07) is 3.67. The second kappa shape index (κ2) is 4.61. The van der Waals surface area contributed by atoms with Crippen LogP contribution in [0.25, 0.3) is 0 Å². The smallest absolute Gasteiger partial charge is 0.354 e. The van der Waals surface area contributed by atoms with Crippen molar-refractivity contribution in [1.82, 2.24) is 4.98 Å². The first-order valence-electron chi connectivity index (χ1n) is 4.59. The number of carbonyl (C=O) groups is 2. The Morgan fingerprint density at radius 2 is 2.00 bits per heavy atom. The molecule has 0 aliphatic rings. The topological polar surface area (TPSA) is 90.7 Å². The largest absolute Gasteiger partial charge is 0.480 e. The first-order valence-corrected chi connectivity index (χ1v) is 4.59. The fourth-order valence-electron chi connectivity index (χ4n) is 1.10. The van der Waals surface area contributed by atoms with E-state index in [-0.39, 0.29) is 5.69 Å². The van der Waals surface area contributed by atoms with Crippen LogP contribution < -0.4 is 4.90 Å². The third-order valence-corrected chi connectivity index (χ3v) is 2.25. The third kappa shape index (κ3) is 2.47. The highest BCUT2D eigenvalue weighted by Crippen LogP contribution is 2.12. The molecule has 0 bridgehead atoms. The summed E-state index contributed by atoms with van der Waals surface area (Å²) in [6.45, 7) is 1.50. The number of likely N-dealkylation sites (N-methyl/N-ethyl adjacent to an activating group) is 1. The molecule has 6 heteroatoms. The summed E-state index contributed by atoms with van der Waals surface area (Å²) in [5.41, 5.74) is -0.109. The Labute approximate surface area is 92.1 Å². The number of hydrogen-bond acceptors (Lipinski definition) is 4. The molecule has 0 aromatic carbocycles. The SMILES string of the molecule is CC(C(=O)O)N(C)c1cccc(C(=O)O)n1. The van der Waals surface area contributed by atoms with E-state index in [2.05, 4.69) is 4.98 Å². The van der Waals surface area contributed by atoms with Crippen LogP contribution in [0.4, 0.5) is 5.82 Å². The summed E-state index contributed by atoms with van der Waals surface area (Å²) in [6.07, 6.45) is 0. The summed E-state index contributed by atoms with van der Waals surface area (Å²) in [5.74, 6) is -1.82. The Kier molecular flexibility index (Phi) is 3.44. The number of aliphatic carboxylic acids is 1. The van der Waals surface area contributed by atoms with Crippen molar-refractivity contribution in [2.75, 3.05) is 11.9 Å². The molecular formula is C10H12N2O4. The summed E-state index contributed by atoms with van der Waals surface area (Å²) in [5, 5.41) is 17.5. The van der Waals surface area contributed by atoms with Crippen molar-refractivity contribution >= 4 is 17.8 Å². The molecule has 0 aliphatic carbocycles. The van der Waals surface area contributed by atoms with Crippen LogP contribution in [0.2, 0.25) is 0 Å². The average molecular weight is 224 g/mol. The van der Waals surface area contributed by atoms with E-state index in [9.17, 15) is 9.59 Å². The molecular weight excluding hydrogens is 212 g/mol. The molecule has 6 nitrogen and oxygen atoms in total. The third-order valence-electron chi connectivity index (χ3n) is 2.25. The molecule has 0 fully saturated rings. The van der Waals surface area contributed by atoms with Gasteiger partial charge in [0.2, 0.25) is 0 Å². The zero-order chi connectivity index (χ0) is 12.3. The molecule has 0 aliphatic heterocycles. The molecule has 0 radical (unpaired) electrons. The van der Waals surface area contributed by atoms with E-state index in [0.717, 1.165) is 0 Å². The van der Waals surface area contributed by atoms with Gasteiger partial charge in [-0.3, -0.25) is 0 Å². The molecule has 1 heterocycles. The lowest BCUT2D eigenvalue weighted by Crippen LogP contribution is -2.36. The summed E-state index contributed by atoms with van der Waals surface area (Å²) in [7, 11) is 1.55. The van der Waals surface area contributed by atoms with Crippen LogP contribution in [-0.2, 0) is 4.79 Å². The van der Waals surface area contributed by atoms with Gasteiger partial charge in [-0.25, -0.2) is 14.6 Å². The van der Waals surface area contributed by atoms with E-state index in [1.54, 1.807) is 13.1 Å². The lowest BCUT2D eigenvalue weighted by atomic mass is 10.3. The number of hydrogen-bond donors (Lipinski definition) is 2. The summed E-state index contributed by atoms with van der Waals surface area (Å²) >= 11 is 0. The van der Waals surface area contributed by atoms with Gasteiger partial charge in [-0.2, -0.15) is 0 Å². The second-order valence-corrected chi connectivity index (χ2v) is 3.31. The first kappa shape index (κ1) is 12.0. The normalized spacial score (nSPS) is 11.9. The fraction of sp³-hybridized carbons (Fsp3) is 0.300. The van der Waals surface area contributed by atoms with Crippen molar-refractivity contribution < 1.29 is 19.8 Å². The Hall–Kier alpha value is -2.11. The van der Waals surface area contributed by atoms with Crippen molar-refractivity contribution in [1.29, 1.82) is 0 Å².